The van der Waals surface area contributed by atoms with E-state index in [9.17, 15) is 9.59 Å². The Hall–Kier alpha value is -3.44. The fraction of sp³-hybridized carbons (Fsp3) is 0.0455. The van der Waals surface area contributed by atoms with Gasteiger partial charge in [-0.1, -0.05) is 35.9 Å². The second-order valence-corrected chi connectivity index (χ2v) is 6.68. The van der Waals surface area contributed by atoms with Gasteiger partial charge in [0.15, 0.2) is 0 Å². The van der Waals surface area contributed by atoms with Gasteiger partial charge in [0, 0.05) is 28.5 Å². The van der Waals surface area contributed by atoms with E-state index in [2.05, 4.69) is 10.3 Å². The van der Waals surface area contributed by atoms with Crippen LogP contribution in [0.4, 0.5) is 0 Å². The van der Waals surface area contributed by atoms with Gasteiger partial charge in [-0.15, -0.1) is 0 Å². The maximum Gasteiger partial charge on any atom is 0.294 e. The van der Waals surface area contributed by atoms with Crippen molar-refractivity contribution in [3.63, 3.8) is 0 Å². The summed E-state index contributed by atoms with van der Waals surface area (Å²) in [5.41, 5.74) is 3.32. The number of amides is 1. The van der Waals surface area contributed by atoms with Crippen molar-refractivity contribution in [1.82, 2.24) is 14.7 Å². The third kappa shape index (κ3) is 3.52. The molecule has 0 unspecified atom stereocenters. The summed E-state index contributed by atoms with van der Waals surface area (Å²) < 4.78 is 1.73. The van der Waals surface area contributed by atoms with Crippen LogP contribution < -0.4 is 5.32 Å². The number of nitrogens with zero attached hydrogens (tertiary/aromatic N) is 2. The van der Waals surface area contributed by atoms with E-state index in [1.54, 1.807) is 41.1 Å². The van der Waals surface area contributed by atoms with Crippen LogP contribution in [-0.4, -0.2) is 21.1 Å². The van der Waals surface area contributed by atoms with Gasteiger partial charge in [-0.2, -0.15) is 0 Å². The van der Waals surface area contributed by atoms with Crippen molar-refractivity contribution in [3.05, 3.63) is 95.5 Å². The summed E-state index contributed by atoms with van der Waals surface area (Å²) in [5.74, 6) is -1.28. The SMILES string of the molecule is O=C(NCc1ccccn1)C(=O)c1c(-c2ccc(Cl)cc2)cc2ccccn12. The van der Waals surface area contributed by atoms with Crippen LogP contribution in [0.2, 0.25) is 5.02 Å². The highest BCUT2D eigenvalue weighted by atomic mass is 35.5. The number of ketones is 1. The Morgan fingerprint density at radius 1 is 1.00 bits per heavy atom. The van der Waals surface area contributed by atoms with E-state index >= 15 is 0 Å². The number of pyridine rings is 2. The van der Waals surface area contributed by atoms with Gasteiger partial charge < -0.3 is 9.72 Å². The van der Waals surface area contributed by atoms with Crippen LogP contribution in [-0.2, 0) is 11.3 Å². The Balaban J connectivity index is 1.70. The third-order valence-corrected chi connectivity index (χ3v) is 4.66. The first kappa shape index (κ1) is 17.9. The first-order valence-electron chi connectivity index (χ1n) is 8.72. The molecule has 1 N–H and O–H groups in total. The molecular formula is C22H16ClN3O2. The van der Waals surface area contributed by atoms with Gasteiger partial charge in [0.05, 0.1) is 12.2 Å². The van der Waals surface area contributed by atoms with E-state index in [1.807, 2.05) is 42.5 Å². The number of Topliss-reactive ketones (excluding diaryl/α,β-unsaturated/α-hetero) is 1. The van der Waals surface area contributed by atoms with Gasteiger partial charge >= 0.3 is 0 Å². The second kappa shape index (κ2) is 7.66. The van der Waals surface area contributed by atoms with Crippen LogP contribution in [0.25, 0.3) is 16.6 Å². The molecule has 3 heterocycles. The molecule has 1 amide bonds. The molecule has 28 heavy (non-hydrogen) atoms. The average molecular weight is 390 g/mol. The van der Waals surface area contributed by atoms with Crippen molar-refractivity contribution in [2.75, 3.05) is 0 Å². The largest absolute Gasteiger partial charge is 0.343 e. The zero-order valence-electron chi connectivity index (χ0n) is 14.8. The Bertz CT molecular complexity index is 1150. The molecule has 0 aliphatic carbocycles. The van der Waals surface area contributed by atoms with Crippen molar-refractivity contribution < 1.29 is 9.59 Å². The van der Waals surface area contributed by atoms with Gasteiger partial charge in [-0.3, -0.25) is 14.6 Å². The lowest BCUT2D eigenvalue weighted by molar-refractivity contribution is -0.117. The van der Waals surface area contributed by atoms with Crippen LogP contribution in [0, 0.1) is 0 Å². The summed E-state index contributed by atoms with van der Waals surface area (Å²) in [6.07, 6.45) is 3.41. The molecule has 4 rings (SSSR count). The minimum atomic E-state index is -0.676. The average Bonchev–Trinajstić information content (AvgIpc) is 3.12. The minimum absolute atomic E-state index is 0.186. The molecule has 4 aromatic rings. The number of carbonyl (C=O) groups excluding carboxylic acids is 2. The van der Waals surface area contributed by atoms with Crippen LogP contribution in [0.5, 0.6) is 0 Å². The van der Waals surface area contributed by atoms with E-state index in [0.29, 0.717) is 22.0 Å². The quantitative estimate of drug-likeness (QED) is 0.412. The number of benzene rings is 1. The number of hydrogen-bond acceptors (Lipinski definition) is 3. The lowest BCUT2D eigenvalue weighted by atomic mass is 10.0. The molecule has 0 fully saturated rings. The highest BCUT2D eigenvalue weighted by Gasteiger charge is 2.24. The summed E-state index contributed by atoms with van der Waals surface area (Å²) in [7, 11) is 0. The van der Waals surface area contributed by atoms with Crippen molar-refractivity contribution in [2.45, 2.75) is 6.54 Å². The molecule has 0 radical (unpaired) electrons. The molecule has 5 nitrogen and oxygen atoms in total. The number of aromatic nitrogens is 2. The predicted molar refractivity (Wildman–Crippen MR) is 108 cm³/mol. The lowest BCUT2D eigenvalue weighted by Gasteiger charge is -2.07. The van der Waals surface area contributed by atoms with E-state index in [0.717, 1.165) is 11.1 Å². The number of fused-ring (bicyclic) bond motifs is 1. The van der Waals surface area contributed by atoms with Crippen molar-refractivity contribution in [3.8, 4) is 11.1 Å². The molecular weight excluding hydrogens is 374 g/mol. The standard InChI is InChI=1S/C22H16ClN3O2/c23-16-9-7-15(8-10-16)19-13-18-6-2-4-12-26(18)20(19)21(27)22(28)25-14-17-5-1-3-11-24-17/h1-13H,14H2,(H,25,28). The Kier molecular flexibility index (Phi) is 4.91. The summed E-state index contributed by atoms with van der Waals surface area (Å²) in [6, 6.07) is 20.1. The maximum atomic E-state index is 13.0. The Labute approximate surface area is 166 Å². The summed E-state index contributed by atoms with van der Waals surface area (Å²) in [4.78, 5) is 29.7. The molecule has 1 aromatic carbocycles. The molecule has 0 aliphatic heterocycles. The molecule has 0 saturated carbocycles. The van der Waals surface area contributed by atoms with Gasteiger partial charge in [-0.25, -0.2) is 0 Å². The summed E-state index contributed by atoms with van der Waals surface area (Å²) in [6.45, 7) is 0.186. The van der Waals surface area contributed by atoms with Crippen LogP contribution in [0.15, 0.2) is 79.1 Å². The Morgan fingerprint density at radius 3 is 2.54 bits per heavy atom. The molecule has 6 heteroatoms. The van der Waals surface area contributed by atoms with Gasteiger partial charge in [0.25, 0.3) is 11.7 Å². The monoisotopic (exact) mass is 389 g/mol. The zero-order chi connectivity index (χ0) is 19.5. The van der Waals surface area contributed by atoms with E-state index < -0.39 is 11.7 Å². The summed E-state index contributed by atoms with van der Waals surface area (Å²) in [5, 5.41) is 3.26. The number of nitrogens with one attached hydrogen (secondary N) is 1. The summed E-state index contributed by atoms with van der Waals surface area (Å²) >= 11 is 5.99. The molecule has 0 bridgehead atoms. The van der Waals surface area contributed by atoms with Crippen LogP contribution >= 0.6 is 11.6 Å². The first-order valence-corrected chi connectivity index (χ1v) is 9.10. The smallest absolute Gasteiger partial charge is 0.294 e. The zero-order valence-corrected chi connectivity index (χ0v) is 15.6. The highest BCUT2D eigenvalue weighted by Crippen LogP contribution is 2.29. The lowest BCUT2D eigenvalue weighted by Crippen LogP contribution is -2.31. The van der Waals surface area contributed by atoms with Gasteiger partial charge in [-0.05, 0) is 48.0 Å². The maximum absolute atomic E-state index is 13.0. The van der Waals surface area contributed by atoms with Crippen molar-refractivity contribution in [2.24, 2.45) is 0 Å². The third-order valence-electron chi connectivity index (χ3n) is 4.41. The fourth-order valence-corrected chi connectivity index (χ4v) is 3.19. The number of hydrogen-bond donors (Lipinski definition) is 1. The molecule has 0 aliphatic rings. The molecule has 0 saturated heterocycles. The van der Waals surface area contributed by atoms with Gasteiger partial charge in [0.1, 0.15) is 5.69 Å². The first-order chi connectivity index (χ1) is 13.6. The predicted octanol–water partition coefficient (Wildman–Crippen LogP) is 4.15. The van der Waals surface area contributed by atoms with Crippen molar-refractivity contribution in [1.29, 1.82) is 0 Å². The van der Waals surface area contributed by atoms with E-state index in [1.165, 1.54) is 0 Å². The van der Waals surface area contributed by atoms with Crippen molar-refractivity contribution >= 4 is 28.8 Å². The fourth-order valence-electron chi connectivity index (χ4n) is 3.07. The number of carbonyl (C=O) groups is 2. The molecule has 138 valence electrons. The van der Waals surface area contributed by atoms with E-state index in [4.69, 9.17) is 11.6 Å². The van der Waals surface area contributed by atoms with E-state index in [-0.39, 0.29) is 6.54 Å². The number of rotatable bonds is 5. The topological polar surface area (TPSA) is 63.5 Å². The van der Waals surface area contributed by atoms with Crippen LogP contribution in [0.3, 0.4) is 0 Å². The second-order valence-electron chi connectivity index (χ2n) is 6.24. The molecule has 0 spiro atoms. The molecule has 0 atom stereocenters. The van der Waals surface area contributed by atoms with Gasteiger partial charge in [0.2, 0.25) is 0 Å². The number of halogens is 1. The molecule has 3 aromatic heterocycles. The highest BCUT2D eigenvalue weighted by molar-refractivity contribution is 6.43. The minimum Gasteiger partial charge on any atom is -0.343 e. The normalized spacial score (nSPS) is 10.8. The Morgan fingerprint density at radius 2 is 1.79 bits per heavy atom. The van der Waals surface area contributed by atoms with Crippen LogP contribution in [0.1, 0.15) is 16.2 Å².